The van der Waals surface area contributed by atoms with E-state index < -0.39 is 10.0 Å². The Morgan fingerprint density at radius 2 is 2.00 bits per heavy atom. The van der Waals surface area contributed by atoms with Crippen LogP contribution in [-0.4, -0.2) is 58.5 Å². The molecule has 2 N–H and O–H groups in total. The summed E-state index contributed by atoms with van der Waals surface area (Å²) in [6.07, 6.45) is 0. The third kappa shape index (κ3) is 3.83. The zero-order valence-corrected chi connectivity index (χ0v) is 13.6. The minimum absolute atomic E-state index is 0.166. The Bertz CT molecular complexity index is 639. The minimum Gasteiger partial charge on any atom is -0.379 e. The summed E-state index contributed by atoms with van der Waals surface area (Å²) in [5, 5.41) is 5.42. The second-order valence-corrected chi connectivity index (χ2v) is 6.98. The van der Waals surface area contributed by atoms with E-state index in [0.29, 0.717) is 37.6 Å². The van der Waals surface area contributed by atoms with Crippen molar-refractivity contribution in [1.82, 2.24) is 9.62 Å². The lowest BCUT2D eigenvalue weighted by Crippen LogP contribution is -2.40. The van der Waals surface area contributed by atoms with E-state index in [0.717, 1.165) is 0 Å². The van der Waals surface area contributed by atoms with Gasteiger partial charge in [0.1, 0.15) is 0 Å². The highest BCUT2D eigenvalue weighted by Crippen LogP contribution is 2.24. The molecule has 1 aromatic rings. The van der Waals surface area contributed by atoms with Gasteiger partial charge in [-0.25, -0.2) is 8.42 Å². The number of likely N-dealkylation sites (N-methyl/N-ethyl adjacent to an activating group) is 1. The number of hydrogen-bond acceptors (Lipinski definition) is 5. The average molecular weight is 327 g/mol. The average Bonchev–Trinajstić information content (AvgIpc) is 2.50. The SMILES string of the molecule is CNCC(=O)Nc1ccc(C)c(S(=O)(=O)N2CCOCC2)c1. The number of carbonyl (C=O) groups is 1. The van der Waals surface area contributed by atoms with E-state index in [1.807, 2.05) is 0 Å². The maximum absolute atomic E-state index is 12.7. The van der Waals surface area contributed by atoms with Gasteiger partial charge in [-0.15, -0.1) is 0 Å². The maximum atomic E-state index is 12.7. The molecule has 7 nitrogen and oxygen atoms in total. The van der Waals surface area contributed by atoms with Gasteiger partial charge in [-0.1, -0.05) is 6.07 Å². The summed E-state index contributed by atoms with van der Waals surface area (Å²) >= 11 is 0. The van der Waals surface area contributed by atoms with Crippen LogP contribution in [-0.2, 0) is 19.6 Å². The van der Waals surface area contributed by atoms with E-state index in [1.165, 1.54) is 10.4 Å². The van der Waals surface area contributed by atoms with Gasteiger partial charge in [-0.05, 0) is 31.7 Å². The molecule has 0 bridgehead atoms. The molecular formula is C14H21N3O4S. The zero-order chi connectivity index (χ0) is 16.2. The van der Waals surface area contributed by atoms with Crippen molar-refractivity contribution in [2.75, 3.05) is 45.2 Å². The van der Waals surface area contributed by atoms with Crippen LogP contribution in [0.1, 0.15) is 5.56 Å². The van der Waals surface area contributed by atoms with Crippen molar-refractivity contribution < 1.29 is 17.9 Å². The van der Waals surface area contributed by atoms with Crippen LogP contribution >= 0.6 is 0 Å². The van der Waals surface area contributed by atoms with E-state index in [1.54, 1.807) is 26.1 Å². The molecule has 1 aliphatic rings. The van der Waals surface area contributed by atoms with E-state index >= 15 is 0 Å². The number of sulfonamides is 1. The van der Waals surface area contributed by atoms with E-state index in [2.05, 4.69) is 10.6 Å². The quantitative estimate of drug-likeness (QED) is 0.805. The Kier molecular flexibility index (Phi) is 5.52. The maximum Gasteiger partial charge on any atom is 0.243 e. The molecule has 0 aliphatic carbocycles. The van der Waals surface area contributed by atoms with E-state index in [9.17, 15) is 13.2 Å². The fraction of sp³-hybridized carbons (Fsp3) is 0.500. The molecule has 0 unspecified atom stereocenters. The van der Waals surface area contributed by atoms with Crippen LogP contribution in [0.5, 0.6) is 0 Å². The molecule has 0 atom stereocenters. The largest absolute Gasteiger partial charge is 0.379 e. The molecule has 0 radical (unpaired) electrons. The molecule has 1 aliphatic heterocycles. The smallest absolute Gasteiger partial charge is 0.243 e. The summed E-state index contributed by atoms with van der Waals surface area (Å²) in [5.74, 6) is -0.221. The van der Waals surface area contributed by atoms with Gasteiger partial charge < -0.3 is 15.4 Å². The fourth-order valence-electron chi connectivity index (χ4n) is 2.25. The first-order valence-corrected chi connectivity index (χ1v) is 8.52. The van der Waals surface area contributed by atoms with Crippen molar-refractivity contribution in [3.63, 3.8) is 0 Å². The van der Waals surface area contributed by atoms with Crippen molar-refractivity contribution in [3.8, 4) is 0 Å². The normalized spacial score (nSPS) is 16.5. The summed E-state index contributed by atoms with van der Waals surface area (Å²) in [5.41, 5.74) is 1.12. The lowest BCUT2D eigenvalue weighted by atomic mass is 10.2. The van der Waals surface area contributed by atoms with Gasteiger partial charge in [-0.3, -0.25) is 4.79 Å². The highest BCUT2D eigenvalue weighted by atomic mass is 32.2. The minimum atomic E-state index is -3.58. The molecule has 8 heteroatoms. The monoisotopic (exact) mass is 327 g/mol. The molecule has 22 heavy (non-hydrogen) atoms. The standard InChI is InChI=1S/C14H21N3O4S/c1-11-3-4-12(16-14(18)10-15-2)9-13(11)22(19,20)17-5-7-21-8-6-17/h3-4,9,15H,5-8,10H2,1-2H3,(H,16,18). The summed E-state index contributed by atoms with van der Waals surface area (Å²) in [6.45, 7) is 3.40. The molecule has 2 rings (SSSR count). The number of ether oxygens (including phenoxy) is 1. The van der Waals surface area contributed by atoms with Crippen LogP contribution in [0.3, 0.4) is 0 Å². The van der Waals surface area contributed by atoms with Gasteiger partial charge in [0.15, 0.2) is 0 Å². The molecular weight excluding hydrogens is 306 g/mol. The first-order chi connectivity index (χ1) is 10.4. The third-order valence-electron chi connectivity index (χ3n) is 3.40. The summed E-state index contributed by atoms with van der Waals surface area (Å²) < 4.78 is 32.0. The fourth-order valence-corrected chi connectivity index (χ4v) is 3.91. The molecule has 1 saturated heterocycles. The number of rotatable bonds is 5. The zero-order valence-electron chi connectivity index (χ0n) is 12.8. The number of benzene rings is 1. The van der Waals surface area contributed by atoms with Gasteiger partial charge in [0, 0.05) is 18.8 Å². The molecule has 1 fully saturated rings. The number of aryl methyl sites for hydroxylation is 1. The lowest BCUT2D eigenvalue weighted by Gasteiger charge is -2.26. The van der Waals surface area contributed by atoms with Crippen LogP contribution in [0.15, 0.2) is 23.1 Å². The predicted molar refractivity (Wildman–Crippen MR) is 83.3 cm³/mol. The van der Waals surface area contributed by atoms with Gasteiger partial charge in [-0.2, -0.15) is 4.31 Å². The number of morpholine rings is 1. The number of anilines is 1. The van der Waals surface area contributed by atoms with Crippen molar-refractivity contribution >= 4 is 21.6 Å². The van der Waals surface area contributed by atoms with Gasteiger partial charge >= 0.3 is 0 Å². The molecule has 0 aromatic heterocycles. The van der Waals surface area contributed by atoms with E-state index in [-0.39, 0.29) is 17.3 Å². The van der Waals surface area contributed by atoms with Crippen LogP contribution in [0.25, 0.3) is 0 Å². The van der Waals surface area contributed by atoms with Crippen LogP contribution in [0.4, 0.5) is 5.69 Å². The number of amides is 1. The summed E-state index contributed by atoms with van der Waals surface area (Å²) in [6, 6.07) is 4.90. The van der Waals surface area contributed by atoms with Crippen LogP contribution < -0.4 is 10.6 Å². The Morgan fingerprint density at radius 3 is 2.64 bits per heavy atom. The molecule has 0 spiro atoms. The number of nitrogens with one attached hydrogen (secondary N) is 2. The van der Waals surface area contributed by atoms with Crippen LogP contribution in [0.2, 0.25) is 0 Å². The molecule has 1 amide bonds. The van der Waals surface area contributed by atoms with E-state index in [4.69, 9.17) is 4.74 Å². The van der Waals surface area contributed by atoms with Gasteiger partial charge in [0.25, 0.3) is 0 Å². The first kappa shape index (κ1) is 16.9. The third-order valence-corrected chi connectivity index (χ3v) is 5.44. The summed E-state index contributed by atoms with van der Waals surface area (Å²) in [7, 11) is -1.91. The lowest BCUT2D eigenvalue weighted by molar-refractivity contribution is -0.115. The second kappa shape index (κ2) is 7.19. The summed E-state index contributed by atoms with van der Waals surface area (Å²) in [4.78, 5) is 11.8. The Hall–Kier alpha value is -1.48. The number of carbonyl (C=O) groups excluding carboxylic acids is 1. The van der Waals surface area contributed by atoms with Crippen molar-refractivity contribution in [2.24, 2.45) is 0 Å². The van der Waals surface area contributed by atoms with Crippen molar-refractivity contribution in [2.45, 2.75) is 11.8 Å². The molecule has 1 heterocycles. The van der Waals surface area contributed by atoms with Crippen molar-refractivity contribution in [3.05, 3.63) is 23.8 Å². The Balaban J connectivity index is 2.27. The van der Waals surface area contributed by atoms with Crippen LogP contribution in [0, 0.1) is 6.92 Å². The molecule has 0 saturated carbocycles. The van der Waals surface area contributed by atoms with Gasteiger partial charge in [0.2, 0.25) is 15.9 Å². The Morgan fingerprint density at radius 1 is 1.32 bits per heavy atom. The highest BCUT2D eigenvalue weighted by molar-refractivity contribution is 7.89. The van der Waals surface area contributed by atoms with Gasteiger partial charge in [0.05, 0.1) is 24.7 Å². The number of nitrogens with zero attached hydrogens (tertiary/aromatic N) is 1. The second-order valence-electron chi connectivity index (χ2n) is 5.08. The number of hydrogen-bond donors (Lipinski definition) is 2. The Labute approximate surface area is 130 Å². The molecule has 122 valence electrons. The highest BCUT2D eigenvalue weighted by Gasteiger charge is 2.28. The topological polar surface area (TPSA) is 87.7 Å². The molecule has 1 aromatic carbocycles. The van der Waals surface area contributed by atoms with Crippen molar-refractivity contribution in [1.29, 1.82) is 0 Å². The first-order valence-electron chi connectivity index (χ1n) is 7.08. The predicted octanol–water partition coefficient (Wildman–Crippen LogP) is 0.174.